The molecule has 6 heteroatoms. The lowest BCUT2D eigenvalue weighted by atomic mass is 10.1. The molecule has 1 aromatic rings. The summed E-state index contributed by atoms with van der Waals surface area (Å²) < 4.78 is 1.75. The van der Waals surface area contributed by atoms with Crippen molar-refractivity contribution in [1.82, 2.24) is 20.1 Å². The molecule has 5 nitrogen and oxygen atoms in total. The van der Waals surface area contributed by atoms with Gasteiger partial charge in [0.05, 0.1) is 0 Å². The molecule has 1 aromatic heterocycles. The number of aromatic amines is 1. The van der Waals surface area contributed by atoms with Crippen LogP contribution in [0.5, 0.6) is 0 Å². The van der Waals surface area contributed by atoms with E-state index >= 15 is 0 Å². The van der Waals surface area contributed by atoms with Gasteiger partial charge in [-0.1, -0.05) is 25.6 Å². The van der Waals surface area contributed by atoms with E-state index in [9.17, 15) is 4.79 Å². The molecule has 102 valence electrons. The largest absolute Gasteiger partial charge is 0.343 e. The zero-order valence-electron chi connectivity index (χ0n) is 11.3. The molecular weight excluding hydrogens is 248 g/mol. The van der Waals surface area contributed by atoms with E-state index < -0.39 is 0 Å². The van der Waals surface area contributed by atoms with Gasteiger partial charge in [0.25, 0.3) is 0 Å². The monoisotopic (exact) mass is 270 g/mol. The Morgan fingerprint density at radius 1 is 1.56 bits per heavy atom. The first-order chi connectivity index (χ1) is 8.67. The minimum atomic E-state index is -0.0878. The Labute approximate surface area is 112 Å². The summed E-state index contributed by atoms with van der Waals surface area (Å²) in [4.78, 5) is 11.6. The van der Waals surface area contributed by atoms with Crippen LogP contribution in [0, 0.1) is 5.92 Å². The quantitative estimate of drug-likeness (QED) is 0.850. The van der Waals surface area contributed by atoms with Gasteiger partial charge in [0.2, 0.25) is 0 Å². The SMILES string of the molecule is CCCn1c(SC2CCC(NC)C2C)n[nH]c1=O. The fourth-order valence-electron chi connectivity index (χ4n) is 2.65. The molecule has 1 saturated carbocycles. The van der Waals surface area contributed by atoms with Crippen LogP contribution in [0.4, 0.5) is 0 Å². The van der Waals surface area contributed by atoms with E-state index in [0.29, 0.717) is 17.2 Å². The molecule has 0 bridgehead atoms. The molecule has 0 saturated heterocycles. The molecule has 2 rings (SSSR count). The maximum atomic E-state index is 11.6. The van der Waals surface area contributed by atoms with Gasteiger partial charge in [-0.25, -0.2) is 9.89 Å². The van der Waals surface area contributed by atoms with Crippen LogP contribution >= 0.6 is 11.8 Å². The van der Waals surface area contributed by atoms with Crippen LogP contribution in [-0.2, 0) is 6.54 Å². The van der Waals surface area contributed by atoms with Crippen LogP contribution in [0.2, 0.25) is 0 Å². The van der Waals surface area contributed by atoms with Gasteiger partial charge in [0.1, 0.15) is 0 Å². The van der Waals surface area contributed by atoms with E-state index in [0.717, 1.165) is 18.1 Å². The Kier molecular flexibility index (Phi) is 4.50. The average molecular weight is 270 g/mol. The lowest BCUT2D eigenvalue weighted by Crippen LogP contribution is -2.30. The maximum absolute atomic E-state index is 11.6. The third kappa shape index (κ3) is 2.64. The predicted octanol–water partition coefficient (Wildman–Crippen LogP) is 1.46. The second-order valence-corrected chi connectivity index (χ2v) is 6.16. The van der Waals surface area contributed by atoms with Crippen molar-refractivity contribution in [3.8, 4) is 0 Å². The molecule has 0 amide bonds. The van der Waals surface area contributed by atoms with Crippen LogP contribution in [0.1, 0.15) is 33.1 Å². The molecule has 1 fully saturated rings. The molecule has 1 aliphatic rings. The zero-order chi connectivity index (χ0) is 13.1. The lowest BCUT2D eigenvalue weighted by Gasteiger charge is -2.19. The first-order valence-corrected chi connectivity index (χ1v) is 7.54. The normalized spacial score (nSPS) is 27.8. The number of hydrogen-bond donors (Lipinski definition) is 2. The summed E-state index contributed by atoms with van der Waals surface area (Å²) in [7, 11) is 2.02. The summed E-state index contributed by atoms with van der Waals surface area (Å²) in [5.74, 6) is 0.613. The standard InChI is InChI=1S/C12H22N4OS/c1-4-7-16-11(17)14-15-12(16)18-10-6-5-9(13-3)8(10)2/h8-10,13H,4-7H2,1-3H3,(H,14,17). The Hall–Kier alpha value is -0.750. The molecule has 1 aliphatic carbocycles. The first kappa shape index (κ1) is 13.7. The Balaban J connectivity index is 2.08. The number of aromatic nitrogens is 3. The summed E-state index contributed by atoms with van der Waals surface area (Å²) in [5, 5.41) is 11.5. The van der Waals surface area contributed by atoms with E-state index in [-0.39, 0.29) is 5.69 Å². The molecular formula is C12H22N4OS. The molecule has 18 heavy (non-hydrogen) atoms. The molecule has 3 atom stereocenters. The van der Waals surface area contributed by atoms with Crippen molar-refractivity contribution in [3.05, 3.63) is 10.5 Å². The third-order valence-electron chi connectivity index (χ3n) is 3.78. The van der Waals surface area contributed by atoms with Gasteiger partial charge < -0.3 is 5.32 Å². The van der Waals surface area contributed by atoms with Gasteiger partial charge in [-0.05, 0) is 32.2 Å². The van der Waals surface area contributed by atoms with E-state index in [1.807, 2.05) is 7.05 Å². The molecule has 2 N–H and O–H groups in total. The van der Waals surface area contributed by atoms with Gasteiger partial charge in [-0.3, -0.25) is 4.57 Å². The predicted molar refractivity (Wildman–Crippen MR) is 74.0 cm³/mol. The van der Waals surface area contributed by atoms with Crippen LogP contribution in [0.15, 0.2) is 9.95 Å². The fourth-order valence-corrected chi connectivity index (χ4v) is 3.98. The van der Waals surface area contributed by atoms with Crippen molar-refractivity contribution in [3.63, 3.8) is 0 Å². The van der Waals surface area contributed by atoms with Crippen molar-refractivity contribution in [2.45, 2.75) is 56.1 Å². The summed E-state index contributed by atoms with van der Waals surface area (Å²) in [5.41, 5.74) is -0.0878. The van der Waals surface area contributed by atoms with Crippen LogP contribution in [0.3, 0.4) is 0 Å². The molecule has 0 spiro atoms. The Bertz CT molecular complexity index is 442. The number of thioether (sulfide) groups is 1. The Morgan fingerprint density at radius 3 is 2.94 bits per heavy atom. The fraction of sp³-hybridized carbons (Fsp3) is 0.833. The van der Waals surface area contributed by atoms with Gasteiger partial charge in [-0.2, -0.15) is 0 Å². The molecule has 0 aliphatic heterocycles. The van der Waals surface area contributed by atoms with E-state index in [1.165, 1.54) is 12.8 Å². The molecule has 0 radical (unpaired) electrons. The Morgan fingerprint density at radius 2 is 2.33 bits per heavy atom. The first-order valence-electron chi connectivity index (χ1n) is 6.66. The minimum Gasteiger partial charge on any atom is -0.317 e. The highest BCUT2D eigenvalue weighted by molar-refractivity contribution is 7.99. The van der Waals surface area contributed by atoms with Crippen molar-refractivity contribution in [1.29, 1.82) is 0 Å². The topological polar surface area (TPSA) is 62.7 Å². The highest BCUT2D eigenvalue weighted by Crippen LogP contribution is 2.37. The molecule has 0 aromatic carbocycles. The third-order valence-corrected chi connectivity index (χ3v) is 5.27. The number of nitrogens with zero attached hydrogens (tertiary/aromatic N) is 2. The maximum Gasteiger partial charge on any atom is 0.343 e. The summed E-state index contributed by atoms with van der Waals surface area (Å²) in [6.45, 7) is 5.10. The van der Waals surface area contributed by atoms with Crippen LogP contribution < -0.4 is 11.0 Å². The van der Waals surface area contributed by atoms with Crippen molar-refractivity contribution in [2.24, 2.45) is 5.92 Å². The van der Waals surface area contributed by atoms with Gasteiger partial charge in [0, 0.05) is 17.8 Å². The van der Waals surface area contributed by atoms with Gasteiger partial charge >= 0.3 is 5.69 Å². The highest BCUT2D eigenvalue weighted by atomic mass is 32.2. The lowest BCUT2D eigenvalue weighted by molar-refractivity contribution is 0.463. The number of rotatable bonds is 5. The number of hydrogen-bond acceptors (Lipinski definition) is 4. The van der Waals surface area contributed by atoms with Crippen LogP contribution in [0.25, 0.3) is 0 Å². The molecule has 3 unspecified atom stereocenters. The van der Waals surface area contributed by atoms with E-state index in [1.54, 1.807) is 16.3 Å². The smallest absolute Gasteiger partial charge is 0.317 e. The summed E-state index contributed by atoms with van der Waals surface area (Å²) in [6, 6.07) is 0.591. The summed E-state index contributed by atoms with van der Waals surface area (Å²) >= 11 is 1.75. The second-order valence-electron chi connectivity index (χ2n) is 4.95. The van der Waals surface area contributed by atoms with Gasteiger partial charge in [0.15, 0.2) is 5.16 Å². The highest BCUT2D eigenvalue weighted by Gasteiger charge is 2.33. The number of nitrogens with one attached hydrogen (secondary N) is 2. The average Bonchev–Trinajstić information content (AvgIpc) is 2.88. The van der Waals surface area contributed by atoms with Crippen molar-refractivity contribution in [2.75, 3.05) is 7.05 Å². The van der Waals surface area contributed by atoms with Gasteiger partial charge in [-0.15, -0.1) is 5.10 Å². The van der Waals surface area contributed by atoms with E-state index in [4.69, 9.17) is 0 Å². The zero-order valence-corrected chi connectivity index (χ0v) is 12.1. The minimum absolute atomic E-state index is 0.0878. The van der Waals surface area contributed by atoms with E-state index in [2.05, 4.69) is 29.4 Å². The van der Waals surface area contributed by atoms with Crippen LogP contribution in [-0.4, -0.2) is 33.1 Å². The second kappa shape index (κ2) is 5.93. The summed E-state index contributed by atoms with van der Waals surface area (Å²) in [6.07, 6.45) is 3.34. The van der Waals surface area contributed by atoms with Crippen molar-refractivity contribution < 1.29 is 0 Å². The van der Waals surface area contributed by atoms with Crippen molar-refractivity contribution >= 4 is 11.8 Å². The molecule has 1 heterocycles. The number of H-pyrrole nitrogens is 1.